The summed E-state index contributed by atoms with van der Waals surface area (Å²) in [6, 6.07) is 18.9. The lowest BCUT2D eigenvalue weighted by atomic mass is 9.89. The van der Waals surface area contributed by atoms with Crippen molar-refractivity contribution in [3.63, 3.8) is 0 Å². The first-order valence-corrected chi connectivity index (χ1v) is 32.5. The first-order valence-electron chi connectivity index (χ1n) is 29.8. The molecule has 21 nitrogen and oxygen atoms in total. The second-order valence-corrected chi connectivity index (χ2v) is 21.6. The van der Waals surface area contributed by atoms with E-state index >= 15 is 0 Å². The Balaban J connectivity index is 0. The third-order valence-corrected chi connectivity index (χ3v) is 13.3. The highest BCUT2D eigenvalue weighted by Gasteiger charge is 2.53. The first kappa shape index (κ1) is 85.5. The minimum absolute atomic E-state index is 0.0218. The number of rotatable bonds is 31. The predicted molar refractivity (Wildman–Crippen MR) is 354 cm³/mol. The number of ketones is 3. The number of hydrogen-bond acceptors (Lipinski definition) is 18. The molecule has 0 spiro atoms. The minimum atomic E-state index is -2.24. The third kappa shape index (κ3) is 35.0. The molecule has 3 amide bonds. The lowest BCUT2D eigenvalue weighted by Crippen LogP contribution is -2.62. The number of halogens is 3. The molecule has 0 radical (unpaired) electrons. The number of unbranched alkanes of at least 4 members (excludes halogenated alkanes) is 8. The van der Waals surface area contributed by atoms with Crippen molar-refractivity contribution in [1.29, 1.82) is 0 Å². The fourth-order valence-corrected chi connectivity index (χ4v) is 8.32. The number of amides is 3. The van der Waals surface area contributed by atoms with Crippen molar-refractivity contribution in [3.05, 3.63) is 104 Å². The van der Waals surface area contributed by atoms with Crippen LogP contribution in [0.25, 0.3) is 0 Å². The van der Waals surface area contributed by atoms with Gasteiger partial charge >= 0.3 is 35.8 Å². The van der Waals surface area contributed by atoms with E-state index in [1.54, 1.807) is 102 Å². The summed E-state index contributed by atoms with van der Waals surface area (Å²) in [5.41, 5.74) is -2.40. The molecule has 0 aliphatic rings. The molecule has 0 atom stereocenters. The van der Waals surface area contributed by atoms with Gasteiger partial charge in [0, 0.05) is 64.8 Å². The molecule has 0 aromatic heterocycles. The summed E-state index contributed by atoms with van der Waals surface area (Å²) >= 11 is 9.66. The Kier molecular flexibility index (Phi) is 47.1. The van der Waals surface area contributed by atoms with E-state index < -0.39 is 95.1 Å². The van der Waals surface area contributed by atoms with Crippen LogP contribution in [0.3, 0.4) is 0 Å². The maximum atomic E-state index is 12.9. The average molecular weight is 1460 g/mol. The average Bonchev–Trinajstić information content (AvgIpc) is 0.826. The van der Waals surface area contributed by atoms with E-state index in [2.05, 4.69) is 105 Å². The lowest BCUT2D eigenvalue weighted by molar-refractivity contribution is -0.168. The topological polar surface area (TPSA) is 296 Å². The van der Waals surface area contributed by atoms with Crippen molar-refractivity contribution in [2.45, 2.75) is 170 Å². The molecule has 0 bridgehead atoms. The quantitative estimate of drug-likeness (QED) is 0.0103. The maximum absolute atomic E-state index is 12.9. The number of Topliss-reactive ketones (excluding diaryl/α,β-unsaturated/α-hetero) is 3. The fourth-order valence-electron chi connectivity index (χ4n) is 7.47. The van der Waals surface area contributed by atoms with E-state index in [1.807, 2.05) is 12.1 Å². The van der Waals surface area contributed by atoms with Gasteiger partial charge in [0.2, 0.25) is 34.8 Å². The fraction of sp³-hybridized carbons (Fsp3) is 0.493. The van der Waals surface area contributed by atoms with Crippen LogP contribution in [0.1, 0.15) is 190 Å². The summed E-state index contributed by atoms with van der Waals surface area (Å²) in [5.74, 6) is 0.308. The number of nitrogens with one attached hydrogen (secondary N) is 3. The van der Waals surface area contributed by atoms with Crippen LogP contribution in [0.2, 0.25) is 0 Å². The Hall–Kier alpha value is -7.54. The van der Waals surface area contributed by atoms with E-state index in [-0.39, 0.29) is 56.6 Å². The summed E-state index contributed by atoms with van der Waals surface area (Å²) in [5, 5.41) is 7.09. The van der Waals surface area contributed by atoms with Crippen LogP contribution >= 0.6 is 47.8 Å². The Morgan fingerprint density at radius 3 is 1.08 bits per heavy atom. The van der Waals surface area contributed by atoms with Crippen LogP contribution in [-0.4, -0.2) is 133 Å². The van der Waals surface area contributed by atoms with Crippen molar-refractivity contribution in [1.82, 2.24) is 16.0 Å². The lowest BCUT2D eigenvalue weighted by Gasteiger charge is -2.29. The van der Waals surface area contributed by atoms with Gasteiger partial charge < -0.3 is 44.4 Å². The van der Waals surface area contributed by atoms with Crippen LogP contribution in [0.15, 0.2) is 81.7 Å². The minimum Gasteiger partial charge on any atom is -0.464 e. The number of ether oxygens (including phenoxy) is 6. The number of carbonyl (C=O) groups is 12. The SMILES string of the molecule is C#CCCCCCC.CCCCCCC#Cc1ccc(C(=O)CC(NC(C)=O)(C(=O)OCC)C(=O)OCC)cc1.CCOC(=O)C(CC(=O)c1ccc(Br)cc1)(NC(C)=O)C(=O)OCC.CCOC(=O)C(NC(C)=O)C(=O)OCC.O=C(CBr)c1ccc(Br)cc1. The van der Waals surface area contributed by atoms with Gasteiger partial charge in [-0.1, -0.05) is 148 Å². The number of carbonyl (C=O) groups excluding carboxylic acids is 12. The number of benzene rings is 3. The van der Waals surface area contributed by atoms with Crippen molar-refractivity contribution in [2.75, 3.05) is 45.0 Å². The Morgan fingerprint density at radius 1 is 0.451 bits per heavy atom. The second kappa shape index (κ2) is 50.1. The molecule has 3 aromatic carbocycles. The van der Waals surface area contributed by atoms with Gasteiger partial charge in [0.05, 0.1) is 57.8 Å². The zero-order valence-electron chi connectivity index (χ0n) is 54.0. The highest BCUT2D eigenvalue weighted by atomic mass is 79.9. The molecule has 0 heterocycles. The molecule has 24 heteroatoms. The van der Waals surface area contributed by atoms with E-state index in [0.29, 0.717) is 5.33 Å². The summed E-state index contributed by atoms with van der Waals surface area (Å²) in [7, 11) is 0. The summed E-state index contributed by atoms with van der Waals surface area (Å²) in [6.07, 6.45) is 15.4. The van der Waals surface area contributed by atoms with Crippen LogP contribution in [0.4, 0.5) is 0 Å². The zero-order chi connectivity index (χ0) is 69.4. The van der Waals surface area contributed by atoms with Gasteiger partial charge in [-0.2, -0.15) is 0 Å². The molecule has 91 heavy (non-hydrogen) atoms. The Labute approximate surface area is 560 Å². The van der Waals surface area contributed by atoms with Crippen LogP contribution in [0.5, 0.6) is 0 Å². The van der Waals surface area contributed by atoms with E-state index in [9.17, 15) is 57.5 Å². The molecule has 0 saturated carbocycles. The maximum Gasteiger partial charge on any atom is 0.344 e. The molecule has 0 saturated heterocycles. The third-order valence-electron chi connectivity index (χ3n) is 11.7. The van der Waals surface area contributed by atoms with Gasteiger partial charge in [0.1, 0.15) is 0 Å². The normalized spacial score (nSPS) is 10.1. The molecule has 3 N–H and O–H groups in total. The van der Waals surface area contributed by atoms with Crippen molar-refractivity contribution < 1.29 is 86.0 Å². The molecule has 0 fully saturated rings. The van der Waals surface area contributed by atoms with E-state index in [1.165, 1.54) is 45.4 Å². The molecule has 3 rings (SSSR count). The highest BCUT2D eigenvalue weighted by molar-refractivity contribution is 9.10. The van der Waals surface area contributed by atoms with Gasteiger partial charge in [-0.25, -0.2) is 28.8 Å². The predicted octanol–water partition coefficient (Wildman–Crippen LogP) is 10.8. The number of esters is 6. The molecule has 0 aliphatic carbocycles. The van der Waals surface area contributed by atoms with Crippen molar-refractivity contribution in [2.24, 2.45) is 0 Å². The number of hydrogen-bond donors (Lipinski definition) is 3. The molecule has 0 unspecified atom stereocenters. The zero-order valence-corrected chi connectivity index (χ0v) is 58.8. The van der Waals surface area contributed by atoms with Gasteiger partial charge in [0.25, 0.3) is 0 Å². The monoisotopic (exact) mass is 1460 g/mol. The smallest absolute Gasteiger partial charge is 0.344 e. The van der Waals surface area contributed by atoms with Crippen molar-refractivity contribution in [3.8, 4) is 24.2 Å². The summed E-state index contributed by atoms with van der Waals surface area (Å²) in [4.78, 5) is 143. The molecule has 0 aliphatic heterocycles. The van der Waals surface area contributed by atoms with Crippen LogP contribution < -0.4 is 16.0 Å². The summed E-state index contributed by atoms with van der Waals surface area (Å²) < 4.78 is 30.8. The van der Waals surface area contributed by atoms with Gasteiger partial charge in [-0.15, -0.1) is 12.3 Å². The number of terminal acetylenes is 1. The second-order valence-electron chi connectivity index (χ2n) is 19.2. The standard InChI is InChI=1S/C25H33NO6.C17H20BrNO6.C9H15NO5.C8H6Br2O.C8H14/c1-5-8-9-10-11-12-13-20-14-16-21(17-15-20)22(28)18-25(26-19(4)27,23(29)31-6-2)24(30)32-7-3;1-4-24-15(22)17(19-11(3)20,16(23)25-5-2)10-14(21)12-6-8-13(18)9-7-12;1-4-14-8(12)7(10-6(3)11)9(13)15-5-2;9-5-8(11)6-1-3-7(10)4-2-6;1-3-5-7-8-6-4-2/h14-17H,5-11,18H2,1-4H3,(H,26,27);6-9H,4-5,10H2,1-3H3,(H,19,20);7H,4-5H2,1-3H3,(H,10,11);1-4H,5H2;1H,4-8H2,2H3. The molecular formula is C67H88Br3N3O18. The first-order chi connectivity index (χ1) is 43.2. The summed E-state index contributed by atoms with van der Waals surface area (Å²) in [6.45, 7) is 17.5. The molecule has 3 aromatic rings. The van der Waals surface area contributed by atoms with Gasteiger partial charge in [-0.05, 0) is 90.8 Å². The number of alkyl halides is 1. The van der Waals surface area contributed by atoms with Crippen LogP contribution in [-0.2, 0) is 71.6 Å². The van der Waals surface area contributed by atoms with E-state index in [4.69, 9.17) is 25.4 Å². The molecular weight excluding hydrogens is 1370 g/mol. The molecule has 500 valence electrons. The van der Waals surface area contributed by atoms with Gasteiger partial charge in [-0.3, -0.25) is 28.8 Å². The Bertz CT molecular complexity index is 2840. The van der Waals surface area contributed by atoms with Crippen molar-refractivity contribution >= 4 is 119 Å². The highest BCUT2D eigenvalue weighted by Crippen LogP contribution is 2.23. The van der Waals surface area contributed by atoms with Gasteiger partial charge in [0.15, 0.2) is 17.3 Å². The largest absolute Gasteiger partial charge is 0.464 e. The van der Waals surface area contributed by atoms with Crippen LogP contribution in [0, 0.1) is 24.2 Å². The van der Waals surface area contributed by atoms with E-state index in [0.717, 1.165) is 59.6 Å². The Morgan fingerprint density at radius 2 is 0.780 bits per heavy atom.